The fourth-order valence-corrected chi connectivity index (χ4v) is 4.35. The van der Waals surface area contributed by atoms with Crippen molar-refractivity contribution >= 4 is 33.4 Å². The molecule has 0 aliphatic carbocycles. The van der Waals surface area contributed by atoms with Crippen molar-refractivity contribution in [3.8, 4) is 5.75 Å². The SMILES string of the molecule is COc1ccccc1N(CC(=O)NCCCSCc1ccccc1)S(C)(=O)=O. The molecule has 8 heteroatoms. The fourth-order valence-electron chi connectivity index (χ4n) is 2.57. The number of amides is 1. The number of carbonyl (C=O) groups is 1. The Kier molecular flexibility index (Phi) is 8.66. The Labute approximate surface area is 171 Å². The quantitative estimate of drug-likeness (QED) is 0.564. The molecule has 0 unspecified atom stereocenters. The molecule has 0 aliphatic rings. The highest BCUT2D eigenvalue weighted by Gasteiger charge is 2.23. The second-order valence-electron chi connectivity index (χ2n) is 6.18. The molecule has 0 atom stereocenters. The van der Waals surface area contributed by atoms with Crippen molar-refractivity contribution in [2.45, 2.75) is 12.2 Å². The van der Waals surface area contributed by atoms with Gasteiger partial charge in [-0.1, -0.05) is 42.5 Å². The van der Waals surface area contributed by atoms with Gasteiger partial charge in [0, 0.05) is 12.3 Å². The van der Waals surface area contributed by atoms with E-state index in [1.807, 2.05) is 18.2 Å². The number of benzene rings is 2. The molecule has 0 heterocycles. The topological polar surface area (TPSA) is 75.7 Å². The van der Waals surface area contributed by atoms with Crippen molar-refractivity contribution in [2.75, 3.05) is 36.5 Å². The highest BCUT2D eigenvalue weighted by molar-refractivity contribution is 7.98. The summed E-state index contributed by atoms with van der Waals surface area (Å²) in [5.41, 5.74) is 1.62. The van der Waals surface area contributed by atoms with Crippen LogP contribution in [0.3, 0.4) is 0 Å². The summed E-state index contributed by atoms with van der Waals surface area (Å²) in [7, 11) is -2.16. The van der Waals surface area contributed by atoms with E-state index in [-0.39, 0.29) is 12.5 Å². The summed E-state index contributed by atoms with van der Waals surface area (Å²) in [5.74, 6) is 1.91. The second-order valence-corrected chi connectivity index (χ2v) is 9.20. The van der Waals surface area contributed by atoms with Crippen LogP contribution >= 0.6 is 11.8 Å². The molecule has 152 valence electrons. The van der Waals surface area contributed by atoms with Gasteiger partial charge < -0.3 is 10.1 Å². The third kappa shape index (κ3) is 7.09. The van der Waals surface area contributed by atoms with Crippen LogP contribution in [0.4, 0.5) is 5.69 Å². The zero-order valence-electron chi connectivity index (χ0n) is 16.1. The molecular formula is C20H26N2O4S2. The molecule has 0 spiro atoms. The van der Waals surface area contributed by atoms with Gasteiger partial charge >= 0.3 is 0 Å². The molecule has 0 aromatic heterocycles. The summed E-state index contributed by atoms with van der Waals surface area (Å²) in [6.45, 7) is 0.223. The van der Waals surface area contributed by atoms with Crippen LogP contribution in [0.1, 0.15) is 12.0 Å². The van der Waals surface area contributed by atoms with Crippen LogP contribution in [-0.4, -0.2) is 46.5 Å². The van der Waals surface area contributed by atoms with Gasteiger partial charge in [0.1, 0.15) is 12.3 Å². The number of ether oxygens (including phenoxy) is 1. The minimum absolute atomic E-state index is 0.281. The van der Waals surface area contributed by atoms with Crippen molar-refractivity contribution in [3.63, 3.8) is 0 Å². The average Bonchev–Trinajstić information content (AvgIpc) is 2.68. The first-order valence-corrected chi connectivity index (χ1v) is 11.9. The number of nitrogens with one attached hydrogen (secondary N) is 1. The number of hydrogen-bond acceptors (Lipinski definition) is 5. The Morgan fingerprint density at radius 3 is 2.46 bits per heavy atom. The monoisotopic (exact) mass is 422 g/mol. The first-order valence-electron chi connectivity index (χ1n) is 8.91. The summed E-state index contributed by atoms with van der Waals surface area (Å²) in [6.07, 6.45) is 1.89. The highest BCUT2D eigenvalue weighted by atomic mass is 32.2. The van der Waals surface area contributed by atoms with E-state index in [1.165, 1.54) is 12.7 Å². The molecule has 2 aromatic carbocycles. The molecule has 0 saturated carbocycles. The number of methoxy groups -OCH3 is 1. The molecule has 0 aliphatic heterocycles. The van der Waals surface area contributed by atoms with Gasteiger partial charge in [-0.2, -0.15) is 11.8 Å². The number of anilines is 1. The summed E-state index contributed by atoms with van der Waals surface area (Å²) in [5, 5.41) is 2.79. The van der Waals surface area contributed by atoms with Crippen molar-refractivity contribution in [1.29, 1.82) is 0 Å². The Hall–Kier alpha value is -2.19. The summed E-state index contributed by atoms with van der Waals surface area (Å²) < 4.78 is 30.6. The maximum atomic E-state index is 12.3. The third-order valence-corrected chi connectivity index (χ3v) is 6.18. The van der Waals surface area contributed by atoms with Gasteiger partial charge in [0.25, 0.3) is 0 Å². The molecule has 2 rings (SSSR count). The maximum absolute atomic E-state index is 12.3. The van der Waals surface area contributed by atoms with Crippen LogP contribution in [0.5, 0.6) is 5.75 Å². The van der Waals surface area contributed by atoms with E-state index in [9.17, 15) is 13.2 Å². The number of para-hydroxylation sites is 2. The zero-order chi connectivity index (χ0) is 20.4. The molecule has 0 bridgehead atoms. The lowest BCUT2D eigenvalue weighted by Gasteiger charge is -2.23. The first-order chi connectivity index (χ1) is 13.4. The first kappa shape index (κ1) is 22.1. The van der Waals surface area contributed by atoms with Crippen molar-refractivity contribution in [3.05, 3.63) is 60.2 Å². The van der Waals surface area contributed by atoms with Gasteiger partial charge in [0.15, 0.2) is 0 Å². The zero-order valence-corrected chi connectivity index (χ0v) is 17.8. The average molecular weight is 423 g/mol. The van der Waals surface area contributed by atoms with Crippen molar-refractivity contribution in [2.24, 2.45) is 0 Å². The van der Waals surface area contributed by atoms with Crippen molar-refractivity contribution < 1.29 is 17.9 Å². The minimum Gasteiger partial charge on any atom is -0.495 e. The van der Waals surface area contributed by atoms with E-state index < -0.39 is 10.0 Å². The van der Waals surface area contributed by atoms with E-state index in [0.717, 1.165) is 28.5 Å². The smallest absolute Gasteiger partial charge is 0.240 e. The predicted molar refractivity (Wildman–Crippen MR) is 115 cm³/mol. The number of thioether (sulfide) groups is 1. The number of sulfonamides is 1. The minimum atomic E-state index is -3.63. The van der Waals surface area contributed by atoms with E-state index in [1.54, 1.807) is 36.0 Å². The largest absolute Gasteiger partial charge is 0.495 e. The number of hydrogen-bond donors (Lipinski definition) is 1. The van der Waals surface area contributed by atoms with E-state index in [0.29, 0.717) is 18.0 Å². The Morgan fingerprint density at radius 1 is 1.11 bits per heavy atom. The second kappa shape index (κ2) is 11.0. The van der Waals surface area contributed by atoms with E-state index in [4.69, 9.17) is 4.74 Å². The lowest BCUT2D eigenvalue weighted by atomic mass is 10.2. The van der Waals surface area contributed by atoms with E-state index >= 15 is 0 Å². The maximum Gasteiger partial charge on any atom is 0.240 e. The van der Waals surface area contributed by atoms with Gasteiger partial charge in [-0.25, -0.2) is 8.42 Å². The van der Waals surface area contributed by atoms with Crippen molar-refractivity contribution in [1.82, 2.24) is 5.32 Å². The predicted octanol–water partition coefficient (Wildman–Crippen LogP) is 2.90. The number of rotatable bonds is 11. The molecule has 0 saturated heterocycles. The van der Waals surface area contributed by atoms with Crippen LogP contribution in [0.25, 0.3) is 0 Å². The number of carbonyl (C=O) groups excluding carboxylic acids is 1. The Morgan fingerprint density at radius 2 is 1.79 bits per heavy atom. The molecule has 2 aromatic rings. The summed E-state index contributed by atoms with van der Waals surface area (Å²) >= 11 is 1.80. The standard InChI is InChI=1S/C20H26N2O4S2/c1-26-19-12-7-6-11-18(19)22(28(2,24)25)15-20(23)21-13-8-14-27-16-17-9-4-3-5-10-17/h3-7,9-12H,8,13-16H2,1-2H3,(H,21,23). The number of nitrogens with zero attached hydrogens (tertiary/aromatic N) is 1. The lowest BCUT2D eigenvalue weighted by molar-refractivity contribution is -0.119. The van der Waals surface area contributed by atoms with Crippen LogP contribution in [0.2, 0.25) is 0 Å². The third-order valence-electron chi connectivity index (χ3n) is 3.94. The van der Waals surface area contributed by atoms with Gasteiger partial charge in [-0.3, -0.25) is 9.10 Å². The highest BCUT2D eigenvalue weighted by Crippen LogP contribution is 2.29. The molecule has 0 fully saturated rings. The van der Waals surface area contributed by atoms with Gasteiger partial charge in [0.05, 0.1) is 19.1 Å². The Balaban J connectivity index is 1.80. The van der Waals surface area contributed by atoms with E-state index in [2.05, 4.69) is 17.4 Å². The van der Waals surface area contributed by atoms with Gasteiger partial charge in [-0.15, -0.1) is 0 Å². The lowest BCUT2D eigenvalue weighted by Crippen LogP contribution is -2.40. The normalized spacial score (nSPS) is 11.1. The van der Waals surface area contributed by atoms with Crippen LogP contribution in [0, 0.1) is 0 Å². The summed E-state index contributed by atoms with van der Waals surface area (Å²) in [6, 6.07) is 16.9. The Bertz CT molecular complexity index is 858. The fraction of sp³-hybridized carbons (Fsp3) is 0.350. The van der Waals surface area contributed by atoms with Gasteiger partial charge in [0.2, 0.25) is 15.9 Å². The summed E-state index contributed by atoms with van der Waals surface area (Å²) in [4.78, 5) is 12.3. The van der Waals surface area contributed by atoms with Crippen LogP contribution in [-0.2, 0) is 20.6 Å². The molecule has 0 radical (unpaired) electrons. The molecule has 28 heavy (non-hydrogen) atoms. The molecule has 1 N–H and O–H groups in total. The molecule has 6 nitrogen and oxygen atoms in total. The van der Waals surface area contributed by atoms with Crippen LogP contribution in [0.15, 0.2) is 54.6 Å². The molecule has 1 amide bonds. The van der Waals surface area contributed by atoms with Gasteiger partial charge in [-0.05, 0) is 29.9 Å². The van der Waals surface area contributed by atoms with Crippen LogP contribution < -0.4 is 14.4 Å². The molecular weight excluding hydrogens is 396 g/mol.